The Morgan fingerprint density at radius 2 is 1.75 bits per heavy atom. The van der Waals surface area contributed by atoms with Gasteiger partial charge >= 0.3 is 0 Å². The second kappa shape index (κ2) is 5.36. The Hall–Kier alpha value is -2.95. The van der Waals surface area contributed by atoms with E-state index in [-0.39, 0.29) is 5.91 Å². The molecule has 2 heterocycles. The van der Waals surface area contributed by atoms with Crippen LogP contribution < -0.4 is 5.32 Å². The number of benzene rings is 1. The number of pyridine rings is 1. The van der Waals surface area contributed by atoms with E-state index in [4.69, 9.17) is 0 Å². The highest BCUT2D eigenvalue weighted by Gasteiger charge is 2.10. The van der Waals surface area contributed by atoms with Crippen LogP contribution in [0.2, 0.25) is 0 Å². The van der Waals surface area contributed by atoms with Gasteiger partial charge in [0.05, 0.1) is 5.69 Å². The molecule has 0 radical (unpaired) electrons. The molecule has 0 bridgehead atoms. The van der Waals surface area contributed by atoms with Gasteiger partial charge in [0.2, 0.25) is 0 Å². The number of carbonyl (C=O) groups is 1. The van der Waals surface area contributed by atoms with Gasteiger partial charge in [0.15, 0.2) is 5.69 Å². The molecular formula is C15H12N4O. The van der Waals surface area contributed by atoms with Crippen molar-refractivity contribution in [1.82, 2.24) is 14.8 Å². The Kier molecular flexibility index (Phi) is 3.24. The second-order valence-electron chi connectivity index (χ2n) is 4.17. The predicted octanol–water partition coefficient (Wildman–Crippen LogP) is 2.52. The van der Waals surface area contributed by atoms with Crippen molar-refractivity contribution in [2.45, 2.75) is 0 Å². The van der Waals surface area contributed by atoms with E-state index >= 15 is 0 Å². The molecule has 0 saturated carbocycles. The van der Waals surface area contributed by atoms with E-state index in [1.807, 2.05) is 30.3 Å². The number of rotatable bonds is 3. The van der Waals surface area contributed by atoms with Gasteiger partial charge in [-0.05, 0) is 30.3 Å². The molecule has 0 aliphatic rings. The third-order valence-electron chi connectivity index (χ3n) is 2.78. The SMILES string of the molecule is O=C(Nc1ccncc1)c1ccn(-c2ccccc2)n1. The van der Waals surface area contributed by atoms with Crippen molar-refractivity contribution in [2.75, 3.05) is 5.32 Å². The number of amides is 1. The summed E-state index contributed by atoms with van der Waals surface area (Å²) in [5.41, 5.74) is 1.97. The summed E-state index contributed by atoms with van der Waals surface area (Å²) >= 11 is 0. The van der Waals surface area contributed by atoms with Gasteiger partial charge in [0.25, 0.3) is 5.91 Å². The molecule has 0 fully saturated rings. The van der Waals surface area contributed by atoms with Gasteiger partial charge < -0.3 is 5.32 Å². The first-order valence-electron chi connectivity index (χ1n) is 6.15. The number of carbonyl (C=O) groups excluding carboxylic acids is 1. The standard InChI is InChI=1S/C15H12N4O/c20-15(17-12-6-9-16-10-7-12)14-8-11-19(18-14)13-4-2-1-3-5-13/h1-11H,(H,16,17,20). The molecule has 1 amide bonds. The van der Waals surface area contributed by atoms with Crippen molar-refractivity contribution < 1.29 is 4.79 Å². The minimum absolute atomic E-state index is 0.245. The fourth-order valence-corrected chi connectivity index (χ4v) is 1.80. The average Bonchev–Trinajstić information content (AvgIpc) is 2.99. The normalized spacial score (nSPS) is 10.2. The van der Waals surface area contributed by atoms with Gasteiger partial charge in [-0.1, -0.05) is 18.2 Å². The van der Waals surface area contributed by atoms with Crippen molar-refractivity contribution in [3.05, 3.63) is 72.8 Å². The second-order valence-corrected chi connectivity index (χ2v) is 4.17. The molecule has 1 N–H and O–H groups in total. The molecule has 5 heteroatoms. The van der Waals surface area contributed by atoms with Crippen LogP contribution in [-0.4, -0.2) is 20.7 Å². The minimum atomic E-state index is -0.245. The summed E-state index contributed by atoms with van der Waals surface area (Å²) in [6, 6.07) is 14.8. The number of anilines is 1. The van der Waals surface area contributed by atoms with Crippen LogP contribution in [0.5, 0.6) is 0 Å². The van der Waals surface area contributed by atoms with Crippen LogP contribution in [0.1, 0.15) is 10.5 Å². The van der Waals surface area contributed by atoms with Crippen molar-refractivity contribution in [2.24, 2.45) is 0 Å². The lowest BCUT2D eigenvalue weighted by Gasteiger charge is -2.02. The molecule has 0 saturated heterocycles. The third-order valence-corrected chi connectivity index (χ3v) is 2.78. The van der Waals surface area contributed by atoms with Crippen molar-refractivity contribution in [3.63, 3.8) is 0 Å². The number of para-hydroxylation sites is 1. The number of nitrogens with one attached hydrogen (secondary N) is 1. The number of nitrogens with zero attached hydrogens (tertiary/aromatic N) is 3. The maximum Gasteiger partial charge on any atom is 0.276 e. The van der Waals surface area contributed by atoms with E-state index in [0.717, 1.165) is 5.69 Å². The molecule has 20 heavy (non-hydrogen) atoms. The van der Waals surface area contributed by atoms with E-state index in [9.17, 15) is 4.79 Å². The number of hydrogen-bond acceptors (Lipinski definition) is 3. The molecule has 3 aromatic rings. The van der Waals surface area contributed by atoms with Crippen LogP contribution in [0.15, 0.2) is 67.1 Å². The van der Waals surface area contributed by atoms with Gasteiger partial charge in [0, 0.05) is 24.3 Å². The highest BCUT2D eigenvalue weighted by atomic mass is 16.1. The fraction of sp³-hybridized carbons (Fsp3) is 0. The number of hydrogen-bond donors (Lipinski definition) is 1. The maximum absolute atomic E-state index is 12.1. The van der Waals surface area contributed by atoms with Crippen molar-refractivity contribution in [1.29, 1.82) is 0 Å². The van der Waals surface area contributed by atoms with Gasteiger partial charge in [-0.15, -0.1) is 0 Å². The molecule has 0 unspecified atom stereocenters. The molecule has 0 aliphatic carbocycles. The summed E-state index contributed by atoms with van der Waals surface area (Å²) in [5, 5.41) is 7.03. The fourth-order valence-electron chi connectivity index (χ4n) is 1.80. The molecular weight excluding hydrogens is 252 g/mol. The molecule has 1 aromatic carbocycles. The van der Waals surface area contributed by atoms with Crippen LogP contribution in [0.3, 0.4) is 0 Å². The van der Waals surface area contributed by atoms with E-state index in [2.05, 4.69) is 15.4 Å². The highest BCUT2D eigenvalue weighted by Crippen LogP contribution is 2.09. The topological polar surface area (TPSA) is 59.8 Å². The minimum Gasteiger partial charge on any atom is -0.320 e. The molecule has 5 nitrogen and oxygen atoms in total. The first kappa shape index (κ1) is 12.1. The van der Waals surface area contributed by atoms with Crippen LogP contribution in [0.25, 0.3) is 5.69 Å². The van der Waals surface area contributed by atoms with Gasteiger partial charge in [0.1, 0.15) is 0 Å². The van der Waals surface area contributed by atoms with Crippen LogP contribution in [0.4, 0.5) is 5.69 Å². The van der Waals surface area contributed by atoms with Crippen LogP contribution in [-0.2, 0) is 0 Å². The Morgan fingerprint density at radius 1 is 1.00 bits per heavy atom. The van der Waals surface area contributed by atoms with E-state index < -0.39 is 0 Å². The van der Waals surface area contributed by atoms with Gasteiger partial charge in [-0.3, -0.25) is 9.78 Å². The van der Waals surface area contributed by atoms with Gasteiger partial charge in [-0.2, -0.15) is 5.10 Å². The Labute approximate surface area is 115 Å². The lowest BCUT2D eigenvalue weighted by atomic mass is 10.3. The largest absolute Gasteiger partial charge is 0.320 e. The summed E-state index contributed by atoms with van der Waals surface area (Å²) in [7, 11) is 0. The smallest absolute Gasteiger partial charge is 0.276 e. The zero-order chi connectivity index (χ0) is 13.8. The summed E-state index contributed by atoms with van der Waals surface area (Å²) in [5.74, 6) is -0.245. The summed E-state index contributed by atoms with van der Waals surface area (Å²) in [6.45, 7) is 0. The van der Waals surface area contributed by atoms with Crippen molar-refractivity contribution in [3.8, 4) is 5.69 Å². The first-order chi connectivity index (χ1) is 9.83. The monoisotopic (exact) mass is 264 g/mol. The van der Waals surface area contributed by atoms with E-state index in [1.165, 1.54) is 0 Å². The predicted molar refractivity (Wildman–Crippen MR) is 75.8 cm³/mol. The maximum atomic E-state index is 12.1. The van der Waals surface area contributed by atoms with E-state index in [1.54, 1.807) is 41.5 Å². The Bertz CT molecular complexity index is 707. The van der Waals surface area contributed by atoms with Gasteiger partial charge in [-0.25, -0.2) is 4.68 Å². The first-order valence-corrected chi connectivity index (χ1v) is 6.15. The number of aromatic nitrogens is 3. The average molecular weight is 264 g/mol. The van der Waals surface area contributed by atoms with Crippen LogP contribution >= 0.6 is 0 Å². The van der Waals surface area contributed by atoms with Crippen LogP contribution in [0, 0.1) is 0 Å². The lowest BCUT2D eigenvalue weighted by Crippen LogP contribution is -2.13. The quantitative estimate of drug-likeness (QED) is 0.790. The molecule has 2 aromatic heterocycles. The molecule has 3 rings (SSSR count). The molecule has 0 atom stereocenters. The molecule has 98 valence electrons. The van der Waals surface area contributed by atoms with E-state index in [0.29, 0.717) is 11.4 Å². The highest BCUT2D eigenvalue weighted by molar-refractivity contribution is 6.02. The third kappa shape index (κ3) is 2.56. The lowest BCUT2D eigenvalue weighted by molar-refractivity contribution is 0.102. The summed E-state index contributed by atoms with van der Waals surface area (Å²) in [6.07, 6.45) is 5.01. The Morgan fingerprint density at radius 3 is 2.50 bits per heavy atom. The zero-order valence-electron chi connectivity index (χ0n) is 10.6. The zero-order valence-corrected chi connectivity index (χ0v) is 10.6. The molecule has 0 spiro atoms. The summed E-state index contributed by atoms with van der Waals surface area (Å²) in [4.78, 5) is 15.9. The summed E-state index contributed by atoms with van der Waals surface area (Å²) < 4.78 is 1.67. The Balaban J connectivity index is 1.79. The molecule has 0 aliphatic heterocycles. The van der Waals surface area contributed by atoms with Crippen molar-refractivity contribution >= 4 is 11.6 Å².